The van der Waals surface area contributed by atoms with E-state index in [1.807, 2.05) is 48.5 Å². The number of hydrogen-bond donors (Lipinski definition) is 0. The SMILES string of the molecule is COc1ccc([C@@H]2CC(=O)C[C@@H](c3ccc(OC)cc3)C2C(C)=O)cc1. The molecule has 0 radical (unpaired) electrons. The van der Waals surface area contributed by atoms with Gasteiger partial charge in [0, 0.05) is 30.6 Å². The van der Waals surface area contributed by atoms with E-state index in [9.17, 15) is 9.59 Å². The Morgan fingerprint density at radius 3 is 1.50 bits per heavy atom. The van der Waals surface area contributed by atoms with Crippen LogP contribution in [0.1, 0.15) is 42.7 Å². The van der Waals surface area contributed by atoms with Gasteiger partial charge in [0.25, 0.3) is 0 Å². The van der Waals surface area contributed by atoms with Crippen LogP contribution in [0.4, 0.5) is 0 Å². The highest BCUT2D eigenvalue weighted by molar-refractivity contribution is 5.88. The number of ketones is 2. The van der Waals surface area contributed by atoms with E-state index in [0.29, 0.717) is 12.8 Å². The highest BCUT2D eigenvalue weighted by Gasteiger charge is 2.41. The molecule has 3 rings (SSSR count). The highest BCUT2D eigenvalue weighted by atomic mass is 16.5. The summed E-state index contributed by atoms with van der Waals surface area (Å²) in [6.45, 7) is 1.63. The Labute approximate surface area is 154 Å². The molecule has 0 spiro atoms. The maximum atomic E-state index is 12.6. The number of hydrogen-bond acceptors (Lipinski definition) is 4. The molecule has 1 fully saturated rings. The number of carbonyl (C=O) groups is 2. The molecule has 0 heterocycles. The number of carbonyl (C=O) groups excluding carboxylic acids is 2. The molecular formula is C22H24O4. The van der Waals surface area contributed by atoms with Crippen LogP contribution in [0.15, 0.2) is 48.5 Å². The third-order valence-corrected chi connectivity index (χ3v) is 5.32. The van der Waals surface area contributed by atoms with Gasteiger partial charge in [-0.2, -0.15) is 0 Å². The normalized spacial score (nSPS) is 20.7. The summed E-state index contributed by atoms with van der Waals surface area (Å²) >= 11 is 0. The third-order valence-electron chi connectivity index (χ3n) is 5.32. The Morgan fingerprint density at radius 1 is 0.808 bits per heavy atom. The first kappa shape index (κ1) is 18.2. The van der Waals surface area contributed by atoms with E-state index < -0.39 is 0 Å². The van der Waals surface area contributed by atoms with Gasteiger partial charge in [-0.15, -0.1) is 0 Å². The van der Waals surface area contributed by atoms with Gasteiger partial charge >= 0.3 is 0 Å². The van der Waals surface area contributed by atoms with Crippen LogP contribution in [0.25, 0.3) is 0 Å². The second kappa shape index (κ2) is 7.73. The molecule has 4 heteroatoms. The van der Waals surface area contributed by atoms with Gasteiger partial charge in [-0.1, -0.05) is 24.3 Å². The average Bonchev–Trinajstić information content (AvgIpc) is 2.67. The van der Waals surface area contributed by atoms with Gasteiger partial charge in [-0.3, -0.25) is 9.59 Å². The van der Waals surface area contributed by atoms with Gasteiger partial charge in [0.15, 0.2) is 0 Å². The summed E-state index contributed by atoms with van der Waals surface area (Å²) in [5.74, 6) is 1.43. The van der Waals surface area contributed by atoms with Crippen molar-refractivity contribution >= 4 is 11.6 Å². The van der Waals surface area contributed by atoms with Crippen LogP contribution < -0.4 is 9.47 Å². The van der Waals surface area contributed by atoms with E-state index in [-0.39, 0.29) is 29.3 Å². The molecule has 136 valence electrons. The molecule has 0 unspecified atom stereocenters. The van der Waals surface area contributed by atoms with Crippen molar-refractivity contribution in [3.05, 3.63) is 59.7 Å². The largest absolute Gasteiger partial charge is 0.497 e. The minimum Gasteiger partial charge on any atom is -0.497 e. The number of Topliss-reactive ketones (excluding diaryl/α,β-unsaturated/α-hetero) is 2. The standard InChI is InChI=1S/C22H24O4/c1-14(23)22-20(15-4-8-18(25-2)9-5-15)12-17(24)13-21(22)16-6-10-19(26-3)11-7-16/h4-11,20-22H,12-13H2,1-3H3/t20-,21-/m0/s1. The highest BCUT2D eigenvalue weighted by Crippen LogP contribution is 2.45. The first-order valence-corrected chi connectivity index (χ1v) is 8.83. The van der Waals surface area contributed by atoms with Crippen LogP contribution in [0.5, 0.6) is 11.5 Å². The summed E-state index contributed by atoms with van der Waals surface area (Å²) < 4.78 is 10.4. The maximum absolute atomic E-state index is 12.6. The van der Waals surface area contributed by atoms with Gasteiger partial charge in [0.05, 0.1) is 14.2 Å². The summed E-state index contributed by atoms with van der Waals surface area (Å²) in [6, 6.07) is 15.4. The van der Waals surface area contributed by atoms with Crippen LogP contribution in [0.3, 0.4) is 0 Å². The van der Waals surface area contributed by atoms with Crippen molar-refractivity contribution in [1.29, 1.82) is 0 Å². The Hall–Kier alpha value is -2.62. The molecule has 2 aromatic rings. The molecule has 26 heavy (non-hydrogen) atoms. The fourth-order valence-corrected chi connectivity index (χ4v) is 4.03. The van der Waals surface area contributed by atoms with Crippen molar-refractivity contribution in [3.63, 3.8) is 0 Å². The van der Waals surface area contributed by atoms with Gasteiger partial charge in [0.2, 0.25) is 0 Å². The molecule has 2 aromatic carbocycles. The predicted octanol–water partition coefficient (Wildman–Crippen LogP) is 4.14. The van der Waals surface area contributed by atoms with Crippen LogP contribution >= 0.6 is 0 Å². The zero-order valence-corrected chi connectivity index (χ0v) is 15.4. The lowest BCUT2D eigenvalue weighted by atomic mass is 9.65. The van der Waals surface area contributed by atoms with E-state index in [4.69, 9.17) is 9.47 Å². The number of methoxy groups -OCH3 is 2. The molecular weight excluding hydrogens is 328 g/mol. The number of rotatable bonds is 5. The lowest BCUT2D eigenvalue weighted by Gasteiger charge is -2.36. The Balaban J connectivity index is 1.97. The monoisotopic (exact) mass is 352 g/mol. The first-order valence-electron chi connectivity index (χ1n) is 8.83. The van der Waals surface area contributed by atoms with E-state index in [1.165, 1.54) is 0 Å². The van der Waals surface area contributed by atoms with E-state index in [1.54, 1.807) is 21.1 Å². The summed E-state index contributed by atoms with van der Waals surface area (Å²) in [5, 5.41) is 0. The summed E-state index contributed by atoms with van der Waals surface area (Å²) in [7, 11) is 3.24. The van der Waals surface area contributed by atoms with Crippen LogP contribution in [0.2, 0.25) is 0 Å². The van der Waals surface area contributed by atoms with Crippen LogP contribution in [-0.4, -0.2) is 25.8 Å². The lowest BCUT2D eigenvalue weighted by molar-refractivity contribution is -0.127. The Kier molecular flexibility index (Phi) is 5.40. The third kappa shape index (κ3) is 3.64. The van der Waals surface area contributed by atoms with Crippen LogP contribution in [0, 0.1) is 5.92 Å². The molecule has 0 saturated heterocycles. The van der Waals surface area contributed by atoms with Crippen molar-refractivity contribution in [2.45, 2.75) is 31.6 Å². The average molecular weight is 352 g/mol. The van der Waals surface area contributed by atoms with Crippen molar-refractivity contribution < 1.29 is 19.1 Å². The smallest absolute Gasteiger partial charge is 0.134 e. The second-order valence-corrected chi connectivity index (χ2v) is 6.84. The zero-order chi connectivity index (χ0) is 18.7. The van der Waals surface area contributed by atoms with Gasteiger partial charge in [0.1, 0.15) is 23.1 Å². The molecule has 0 amide bonds. The van der Waals surface area contributed by atoms with Crippen molar-refractivity contribution in [1.82, 2.24) is 0 Å². The maximum Gasteiger partial charge on any atom is 0.134 e. The minimum absolute atomic E-state index is 0.105. The fraction of sp³-hybridized carbons (Fsp3) is 0.364. The summed E-state index contributed by atoms with van der Waals surface area (Å²) in [6.07, 6.45) is 0.812. The topological polar surface area (TPSA) is 52.6 Å². The fourth-order valence-electron chi connectivity index (χ4n) is 4.03. The Morgan fingerprint density at radius 2 is 1.19 bits per heavy atom. The first-order chi connectivity index (χ1) is 12.5. The molecule has 0 aromatic heterocycles. The lowest BCUT2D eigenvalue weighted by Crippen LogP contribution is -2.34. The van der Waals surface area contributed by atoms with Gasteiger partial charge in [-0.25, -0.2) is 0 Å². The molecule has 1 saturated carbocycles. The van der Waals surface area contributed by atoms with Gasteiger partial charge < -0.3 is 9.47 Å². The van der Waals surface area contributed by atoms with E-state index in [0.717, 1.165) is 22.6 Å². The molecule has 2 atom stereocenters. The molecule has 0 aliphatic heterocycles. The van der Waals surface area contributed by atoms with Crippen molar-refractivity contribution in [2.24, 2.45) is 5.92 Å². The number of benzene rings is 2. The van der Waals surface area contributed by atoms with E-state index >= 15 is 0 Å². The van der Waals surface area contributed by atoms with Crippen molar-refractivity contribution in [3.8, 4) is 11.5 Å². The minimum atomic E-state index is -0.213. The van der Waals surface area contributed by atoms with E-state index in [2.05, 4.69) is 0 Å². The molecule has 0 N–H and O–H groups in total. The molecule has 1 aliphatic carbocycles. The summed E-state index contributed by atoms with van der Waals surface area (Å²) in [5.41, 5.74) is 2.02. The predicted molar refractivity (Wildman–Crippen MR) is 99.9 cm³/mol. The zero-order valence-electron chi connectivity index (χ0n) is 15.4. The quantitative estimate of drug-likeness (QED) is 0.811. The summed E-state index contributed by atoms with van der Waals surface area (Å²) in [4.78, 5) is 25.0. The molecule has 4 nitrogen and oxygen atoms in total. The van der Waals surface area contributed by atoms with Gasteiger partial charge in [-0.05, 0) is 42.3 Å². The Bertz CT molecular complexity index is 717. The molecule has 1 aliphatic rings. The number of ether oxygens (including phenoxy) is 2. The second-order valence-electron chi connectivity index (χ2n) is 6.84. The van der Waals surface area contributed by atoms with Crippen LogP contribution in [-0.2, 0) is 9.59 Å². The molecule has 0 bridgehead atoms. The van der Waals surface area contributed by atoms with Crippen molar-refractivity contribution in [2.75, 3.05) is 14.2 Å².